The minimum atomic E-state index is -0.0313. The third kappa shape index (κ3) is 3.90. The zero-order valence-electron chi connectivity index (χ0n) is 13.5. The van der Waals surface area contributed by atoms with Gasteiger partial charge in [0.15, 0.2) is 0 Å². The van der Waals surface area contributed by atoms with Gasteiger partial charge in [0.05, 0.1) is 17.2 Å². The molecule has 1 aromatic heterocycles. The Bertz CT molecular complexity index is 568. The Kier molecular flexibility index (Phi) is 5.27. The van der Waals surface area contributed by atoms with Gasteiger partial charge in [0.2, 0.25) is 5.91 Å². The van der Waals surface area contributed by atoms with E-state index in [1.54, 1.807) is 5.51 Å². The number of aryl methyl sites for hydroxylation is 1. The fourth-order valence-electron chi connectivity index (χ4n) is 3.34. The fraction of sp³-hybridized carbons (Fsp3) is 0.688. The maximum atomic E-state index is 12.6. The van der Waals surface area contributed by atoms with Crippen LogP contribution in [0.3, 0.4) is 0 Å². The van der Waals surface area contributed by atoms with Crippen LogP contribution in [0, 0.1) is 12.8 Å². The number of likely N-dealkylation sites (tertiary alicyclic amines) is 1. The van der Waals surface area contributed by atoms with Crippen LogP contribution in [0.1, 0.15) is 41.0 Å². The molecule has 2 atom stereocenters. The summed E-state index contributed by atoms with van der Waals surface area (Å²) in [5.41, 5.74) is 2.53. The lowest BCUT2D eigenvalue weighted by Gasteiger charge is -2.32. The Balaban J connectivity index is 1.51. The smallest absolute Gasteiger partial charge is 0.265 e. The lowest BCUT2D eigenvalue weighted by molar-refractivity contribution is -0.123. The number of hydrogen-bond donors (Lipinski definition) is 2. The summed E-state index contributed by atoms with van der Waals surface area (Å²) >= 11 is 1.41. The second-order valence-electron chi connectivity index (χ2n) is 6.42. The van der Waals surface area contributed by atoms with E-state index >= 15 is 0 Å². The number of aromatic nitrogens is 1. The van der Waals surface area contributed by atoms with E-state index in [4.69, 9.17) is 0 Å². The number of nitrogens with zero attached hydrogens (tertiary/aromatic N) is 2. The molecule has 0 aliphatic carbocycles. The topological polar surface area (TPSA) is 74.3 Å². The van der Waals surface area contributed by atoms with E-state index in [0.717, 1.165) is 49.3 Å². The number of nitrogens with one attached hydrogen (secondary N) is 2. The molecule has 23 heavy (non-hydrogen) atoms. The van der Waals surface area contributed by atoms with Crippen molar-refractivity contribution in [3.05, 3.63) is 16.1 Å². The summed E-state index contributed by atoms with van der Waals surface area (Å²) in [6, 6.07) is -0.0313. The van der Waals surface area contributed by atoms with Crippen LogP contribution in [0.4, 0.5) is 0 Å². The van der Waals surface area contributed by atoms with Crippen molar-refractivity contribution in [2.45, 2.75) is 38.6 Å². The van der Waals surface area contributed by atoms with Gasteiger partial charge in [0.1, 0.15) is 4.88 Å². The van der Waals surface area contributed by atoms with E-state index in [9.17, 15) is 9.59 Å². The number of thiazole rings is 1. The van der Waals surface area contributed by atoms with Gasteiger partial charge in [-0.1, -0.05) is 0 Å². The molecule has 7 heteroatoms. The Morgan fingerprint density at radius 1 is 1.43 bits per heavy atom. The molecular formula is C16H24N4O2S. The average Bonchev–Trinajstić information content (AvgIpc) is 3.23. The first kappa shape index (κ1) is 16.4. The van der Waals surface area contributed by atoms with Crippen LogP contribution >= 0.6 is 11.3 Å². The predicted octanol–water partition coefficient (Wildman–Crippen LogP) is 1.17. The molecule has 1 aromatic rings. The maximum Gasteiger partial charge on any atom is 0.265 e. The third-order valence-corrected chi connectivity index (χ3v) is 5.60. The first-order valence-electron chi connectivity index (χ1n) is 8.35. The van der Waals surface area contributed by atoms with Crippen LogP contribution in [-0.4, -0.2) is 53.9 Å². The minimum absolute atomic E-state index is 0.0313. The number of hydrogen-bond acceptors (Lipinski definition) is 5. The lowest BCUT2D eigenvalue weighted by Crippen LogP contribution is -2.46. The first-order chi connectivity index (χ1) is 11.1. The largest absolute Gasteiger partial charge is 0.354 e. The normalized spacial score (nSPS) is 24.7. The number of carbonyl (C=O) groups is 2. The summed E-state index contributed by atoms with van der Waals surface area (Å²) < 4.78 is 0. The van der Waals surface area contributed by atoms with Crippen molar-refractivity contribution in [3.63, 3.8) is 0 Å². The van der Waals surface area contributed by atoms with Crippen molar-refractivity contribution in [3.8, 4) is 0 Å². The Labute approximate surface area is 140 Å². The number of piperidine rings is 1. The summed E-state index contributed by atoms with van der Waals surface area (Å²) in [5.74, 6) is 0.522. The highest BCUT2D eigenvalue weighted by atomic mass is 32.1. The maximum absolute atomic E-state index is 12.6. The Hall–Kier alpha value is -1.47. The lowest BCUT2D eigenvalue weighted by atomic mass is 9.97. The summed E-state index contributed by atoms with van der Waals surface area (Å²) in [4.78, 5) is 31.5. The Morgan fingerprint density at radius 3 is 3.00 bits per heavy atom. The minimum Gasteiger partial charge on any atom is -0.354 e. The van der Waals surface area contributed by atoms with Gasteiger partial charge in [-0.2, -0.15) is 0 Å². The van der Waals surface area contributed by atoms with Gasteiger partial charge in [-0.05, 0) is 45.1 Å². The predicted molar refractivity (Wildman–Crippen MR) is 89.5 cm³/mol. The molecule has 0 radical (unpaired) electrons. The molecular weight excluding hydrogens is 312 g/mol. The van der Waals surface area contributed by atoms with Crippen molar-refractivity contribution in [1.82, 2.24) is 20.5 Å². The molecule has 3 rings (SSSR count). The van der Waals surface area contributed by atoms with Crippen LogP contribution in [-0.2, 0) is 4.79 Å². The van der Waals surface area contributed by atoms with E-state index in [2.05, 4.69) is 15.6 Å². The second kappa shape index (κ2) is 7.40. The molecule has 0 saturated carbocycles. The van der Waals surface area contributed by atoms with Gasteiger partial charge in [-0.15, -0.1) is 11.3 Å². The standard InChI is InChI=1S/C16H24N4O2S/c1-11-14(23-10-19-11)16(22)20-7-3-4-12(9-20)8-18-15(21)13-5-2-6-17-13/h10,12-13,17H,2-9H2,1H3,(H,18,21)/t12-,13-/m1/s1. The van der Waals surface area contributed by atoms with E-state index in [1.165, 1.54) is 11.3 Å². The van der Waals surface area contributed by atoms with Gasteiger partial charge in [-0.3, -0.25) is 9.59 Å². The fourth-order valence-corrected chi connectivity index (χ4v) is 4.11. The molecule has 2 amide bonds. The molecule has 126 valence electrons. The molecule has 2 aliphatic heterocycles. The van der Waals surface area contributed by atoms with E-state index in [-0.39, 0.29) is 17.9 Å². The monoisotopic (exact) mass is 336 g/mol. The van der Waals surface area contributed by atoms with Crippen LogP contribution in [0.15, 0.2) is 5.51 Å². The summed E-state index contributed by atoms with van der Waals surface area (Å²) in [6.45, 7) is 4.97. The summed E-state index contributed by atoms with van der Waals surface area (Å²) in [6.07, 6.45) is 4.04. The van der Waals surface area contributed by atoms with Crippen LogP contribution < -0.4 is 10.6 Å². The summed E-state index contributed by atoms with van der Waals surface area (Å²) in [7, 11) is 0. The van der Waals surface area contributed by atoms with E-state index in [1.807, 2.05) is 11.8 Å². The molecule has 2 aliphatic rings. The second-order valence-corrected chi connectivity index (χ2v) is 7.28. The van der Waals surface area contributed by atoms with Gasteiger partial charge >= 0.3 is 0 Å². The van der Waals surface area contributed by atoms with Crippen LogP contribution in [0.2, 0.25) is 0 Å². The van der Waals surface area contributed by atoms with Gasteiger partial charge in [0.25, 0.3) is 5.91 Å². The molecule has 0 unspecified atom stereocenters. The summed E-state index contributed by atoms with van der Waals surface area (Å²) in [5, 5.41) is 6.26. The SMILES string of the molecule is Cc1ncsc1C(=O)N1CCC[C@H](CNC(=O)[C@H]2CCCN2)C1. The molecule has 2 saturated heterocycles. The van der Waals surface area contributed by atoms with Crippen molar-refractivity contribution < 1.29 is 9.59 Å². The third-order valence-electron chi connectivity index (χ3n) is 4.69. The number of carbonyl (C=O) groups excluding carboxylic acids is 2. The van der Waals surface area contributed by atoms with Crippen molar-refractivity contribution in [1.29, 1.82) is 0 Å². The molecule has 0 spiro atoms. The van der Waals surface area contributed by atoms with Gasteiger partial charge < -0.3 is 15.5 Å². The molecule has 6 nitrogen and oxygen atoms in total. The zero-order chi connectivity index (χ0) is 16.2. The van der Waals surface area contributed by atoms with Crippen molar-refractivity contribution in [2.24, 2.45) is 5.92 Å². The quantitative estimate of drug-likeness (QED) is 0.866. The van der Waals surface area contributed by atoms with E-state index < -0.39 is 0 Å². The molecule has 2 N–H and O–H groups in total. The first-order valence-corrected chi connectivity index (χ1v) is 9.23. The number of rotatable bonds is 4. The zero-order valence-corrected chi connectivity index (χ0v) is 14.3. The Morgan fingerprint density at radius 2 is 2.30 bits per heavy atom. The number of amides is 2. The highest BCUT2D eigenvalue weighted by molar-refractivity contribution is 7.11. The van der Waals surface area contributed by atoms with Gasteiger partial charge in [-0.25, -0.2) is 4.98 Å². The molecule has 2 fully saturated rings. The van der Waals surface area contributed by atoms with Crippen molar-refractivity contribution >= 4 is 23.2 Å². The van der Waals surface area contributed by atoms with Crippen LogP contribution in [0.25, 0.3) is 0 Å². The van der Waals surface area contributed by atoms with Gasteiger partial charge in [0, 0.05) is 19.6 Å². The highest BCUT2D eigenvalue weighted by Gasteiger charge is 2.28. The molecule has 0 bridgehead atoms. The molecule has 3 heterocycles. The highest BCUT2D eigenvalue weighted by Crippen LogP contribution is 2.21. The van der Waals surface area contributed by atoms with Crippen LogP contribution in [0.5, 0.6) is 0 Å². The van der Waals surface area contributed by atoms with Crippen molar-refractivity contribution in [2.75, 3.05) is 26.2 Å². The molecule has 0 aromatic carbocycles. The van der Waals surface area contributed by atoms with E-state index in [0.29, 0.717) is 19.0 Å². The average molecular weight is 336 g/mol.